The summed E-state index contributed by atoms with van der Waals surface area (Å²) < 4.78 is 11.4. The van der Waals surface area contributed by atoms with Gasteiger partial charge in [0.2, 0.25) is 0 Å². The first-order chi connectivity index (χ1) is 14.1. The Labute approximate surface area is 174 Å². The highest BCUT2D eigenvalue weighted by Crippen LogP contribution is 2.29. The number of carbonyl (C=O) groups is 1. The largest absolute Gasteiger partial charge is 0.493 e. The molecular formula is C23H23ClN2O3. The van der Waals surface area contributed by atoms with E-state index in [9.17, 15) is 4.79 Å². The van der Waals surface area contributed by atoms with Gasteiger partial charge < -0.3 is 14.1 Å². The molecule has 1 aromatic heterocycles. The van der Waals surface area contributed by atoms with Crippen LogP contribution >= 0.6 is 11.6 Å². The zero-order valence-corrected chi connectivity index (χ0v) is 17.2. The van der Waals surface area contributed by atoms with Gasteiger partial charge in [-0.15, -0.1) is 0 Å². The summed E-state index contributed by atoms with van der Waals surface area (Å²) in [5, 5.41) is 1.55. The van der Waals surface area contributed by atoms with Gasteiger partial charge in [-0.1, -0.05) is 23.7 Å². The first-order valence-electron chi connectivity index (χ1n) is 10.0. The molecule has 2 aliphatic heterocycles. The highest BCUT2D eigenvalue weighted by atomic mass is 35.5. The average Bonchev–Trinajstić information content (AvgIpc) is 3.32. The van der Waals surface area contributed by atoms with E-state index in [0.717, 1.165) is 49.4 Å². The van der Waals surface area contributed by atoms with Crippen LogP contribution in [0.25, 0.3) is 11.0 Å². The summed E-state index contributed by atoms with van der Waals surface area (Å²) in [5.41, 5.74) is 4.17. The minimum Gasteiger partial charge on any atom is -0.493 e. The number of piperazine rings is 1. The lowest BCUT2D eigenvalue weighted by molar-refractivity contribution is 0.0599. The Kier molecular flexibility index (Phi) is 4.72. The van der Waals surface area contributed by atoms with Crippen LogP contribution in [-0.4, -0.2) is 48.5 Å². The van der Waals surface area contributed by atoms with E-state index in [1.54, 1.807) is 6.07 Å². The van der Waals surface area contributed by atoms with Crippen molar-refractivity contribution in [2.24, 2.45) is 0 Å². The van der Waals surface area contributed by atoms with E-state index in [2.05, 4.69) is 23.1 Å². The van der Waals surface area contributed by atoms with Gasteiger partial charge in [0.15, 0.2) is 5.76 Å². The van der Waals surface area contributed by atoms with Crippen LogP contribution in [0, 0.1) is 6.92 Å². The summed E-state index contributed by atoms with van der Waals surface area (Å²) in [4.78, 5) is 17.3. The molecule has 0 spiro atoms. The minimum absolute atomic E-state index is 0.0378. The molecule has 0 atom stereocenters. The first-order valence-corrected chi connectivity index (χ1v) is 10.4. The molecule has 1 fully saturated rings. The van der Waals surface area contributed by atoms with Gasteiger partial charge in [-0.2, -0.15) is 0 Å². The smallest absolute Gasteiger partial charge is 0.289 e. The Balaban J connectivity index is 1.25. The highest BCUT2D eigenvalue weighted by molar-refractivity contribution is 6.31. The van der Waals surface area contributed by atoms with Gasteiger partial charge in [0.05, 0.1) is 6.61 Å². The number of rotatable bonds is 3. The second kappa shape index (κ2) is 7.39. The standard InChI is InChI=1S/C23H23ClN2O3/c1-15-19-13-18(24)3-5-21(19)29-22(15)23(27)26-9-7-25(8-10-26)14-16-2-4-20-17(12-16)6-11-28-20/h2-5,12-13H,6-11,14H2,1H3. The highest BCUT2D eigenvalue weighted by Gasteiger charge is 2.27. The van der Waals surface area contributed by atoms with E-state index in [1.807, 2.05) is 24.0 Å². The van der Waals surface area contributed by atoms with Gasteiger partial charge in [-0.3, -0.25) is 9.69 Å². The Morgan fingerprint density at radius 3 is 2.76 bits per heavy atom. The van der Waals surface area contributed by atoms with Crippen molar-refractivity contribution in [2.45, 2.75) is 19.9 Å². The Morgan fingerprint density at radius 1 is 1.10 bits per heavy atom. The number of ether oxygens (including phenoxy) is 1. The van der Waals surface area contributed by atoms with Gasteiger partial charge in [-0.05, 0) is 42.3 Å². The number of furan rings is 1. The lowest BCUT2D eigenvalue weighted by Crippen LogP contribution is -2.48. The molecule has 1 saturated heterocycles. The summed E-state index contributed by atoms with van der Waals surface area (Å²) in [6.07, 6.45) is 0.994. The molecular weight excluding hydrogens is 388 g/mol. The molecule has 6 heteroatoms. The SMILES string of the molecule is Cc1c(C(=O)N2CCN(Cc3ccc4c(c3)CCO4)CC2)oc2ccc(Cl)cc12. The van der Waals surface area contributed by atoms with Gasteiger partial charge >= 0.3 is 0 Å². The summed E-state index contributed by atoms with van der Waals surface area (Å²) in [5.74, 6) is 1.41. The van der Waals surface area contributed by atoms with Crippen LogP contribution in [0.2, 0.25) is 5.02 Å². The van der Waals surface area contributed by atoms with Crippen LogP contribution in [0.4, 0.5) is 0 Å². The number of amides is 1. The van der Waals surface area contributed by atoms with Crippen molar-refractivity contribution in [1.82, 2.24) is 9.80 Å². The first kappa shape index (κ1) is 18.5. The molecule has 150 valence electrons. The number of halogens is 1. The summed E-state index contributed by atoms with van der Waals surface area (Å²) in [6, 6.07) is 11.9. The molecule has 5 nitrogen and oxygen atoms in total. The number of benzene rings is 2. The number of nitrogens with zero attached hydrogens (tertiary/aromatic N) is 2. The lowest BCUT2D eigenvalue weighted by Gasteiger charge is -2.34. The van der Waals surface area contributed by atoms with E-state index >= 15 is 0 Å². The maximum absolute atomic E-state index is 13.0. The Hall–Kier alpha value is -2.50. The van der Waals surface area contributed by atoms with E-state index in [0.29, 0.717) is 29.5 Å². The number of fused-ring (bicyclic) bond motifs is 2. The quantitative estimate of drug-likeness (QED) is 0.646. The molecule has 1 amide bonds. The number of hydrogen-bond donors (Lipinski definition) is 0. The van der Waals surface area contributed by atoms with Crippen LogP contribution in [0.1, 0.15) is 27.2 Å². The normalized spacial score (nSPS) is 16.8. The van der Waals surface area contributed by atoms with Crippen molar-refractivity contribution < 1.29 is 13.9 Å². The maximum Gasteiger partial charge on any atom is 0.289 e. The summed E-state index contributed by atoms with van der Waals surface area (Å²) in [7, 11) is 0. The molecule has 29 heavy (non-hydrogen) atoms. The molecule has 0 bridgehead atoms. The number of aryl methyl sites for hydroxylation is 1. The summed E-state index contributed by atoms with van der Waals surface area (Å²) >= 11 is 6.09. The molecule has 3 heterocycles. The fourth-order valence-corrected chi connectivity index (χ4v) is 4.42. The molecule has 0 aliphatic carbocycles. The third-order valence-corrected chi connectivity index (χ3v) is 6.15. The molecule has 3 aromatic rings. The second-order valence-corrected chi connectivity index (χ2v) is 8.24. The predicted octanol–water partition coefficient (Wildman–Crippen LogP) is 4.29. The van der Waals surface area contributed by atoms with Gasteiger partial charge in [0.1, 0.15) is 11.3 Å². The van der Waals surface area contributed by atoms with Crippen molar-refractivity contribution in [3.8, 4) is 5.75 Å². The molecule has 2 aliphatic rings. The number of hydrogen-bond acceptors (Lipinski definition) is 4. The Morgan fingerprint density at radius 2 is 1.93 bits per heavy atom. The predicted molar refractivity (Wildman–Crippen MR) is 113 cm³/mol. The van der Waals surface area contributed by atoms with Gasteiger partial charge in [0.25, 0.3) is 5.91 Å². The fourth-order valence-electron chi connectivity index (χ4n) is 4.25. The average molecular weight is 411 g/mol. The van der Waals surface area contributed by atoms with Crippen LogP contribution in [0.5, 0.6) is 5.75 Å². The monoisotopic (exact) mass is 410 g/mol. The fraction of sp³-hybridized carbons (Fsp3) is 0.348. The molecule has 0 N–H and O–H groups in total. The molecule has 0 radical (unpaired) electrons. The molecule has 0 unspecified atom stereocenters. The van der Waals surface area contributed by atoms with E-state index in [-0.39, 0.29) is 5.91 Å². The van der Waals surface area contributed by atoms with E-state index < -0.39 is 0 Å². The van der Waals surface area contributed by atoms with Gasteiger partial charge in [0, 0.05) is 55.1 Å². The topological polar surface area (TPSA) is 45.9 Å². The van der Waals surface area contributed by atoms with Crippen LogP contribution in [0.3, 0.4) is 0 Å². The van der Waals surface area contributed by atoms with Crippen LogP contribution in [-0.2, 0) is 13.0 Å². The van der Waals surface area contributed by atoms with E-state index in [1.165, 1.54) is 11.1 Å². The summed E-state index contributed by atoms with van der Waals surface area (Å²) in [6.45, 7) is 6.71. The number of carbonyl (C=O) groups excluding carboxylic acids is 1. The molecule has 5 rings (SSSR count). The second-order valence-electron chi connectivity index (χ2n) is 7.81. The van der Waals surface area contributed by atoms with E-state index in [4.69, 9.17) is 20.8 Å². The van der Waals surface area contributed by atoms with Gasteiger partial charge in [-0.25, -0.2) is 0 Å². The van der Waals surface area contributed by atoms with Crippen LogP contribution < -0.4 is 4.74 Å². The molecule has 0 saturated carbocycles. The zero-order valence-electron chi connectivity index (χ0n) is 16.4. The van der Waals surface area contributed by atoms with Crippen molar-refractivity contribution >= 4 is 28.5 Å². The van der Waals surface area contributed by atoms with Crippen molar-refractivity contribution in [3.63, 3.8) is 0 Å². The zero-order chi connectivity index (χ0) is 20.0. The van der Waals surface area contributed by atoms with Crippen molar-refractivity contribution in [1.29, 1.82) is 0 Å². The maximum atomic E-state index is 13.0. The minimum atomic E-state index is -0.0378. The molecule has 2 aromatic carbocycles. The lowest BCUT2D eigenvalue weighted by atomic mass is 10.1. The third-order valence-electron chi connectivity index (χ3n) is 5.91. The van der Waals surface area contributed by atoms with Crippen LogP contribution in [0.15, 0.2) is 40.8 Å². The van der Waals surface area contributed by atoms with Crippen molar-refractivity contribution in [3.05, 3.63) is 63.9 Å². The Bertz CT molecular complexity index is 1080. The van der Waals surface area contributed by atoms with Crippen molar-refractivity contribution in [2.75, 3.05) is 32.8 Å². The third kappa shape index (κ3) is 3.49.